The molecule has 0 saturated carbocycles. The highest BCUT2D eigenvalue weighted by Crippen LogP contribution is 2.23. The lowest BCUT2D eigenvalue weighted by atomic mass is 10.2. The van der Waals surface area contributed by atoms with Crippen LogP contribution >= 0.6 is 54.8 Å². The molecule has 3 rings (SSSR count). The van der Waals surface area contributed by atoms with Gasteiger partial charge in [0.25, 0.3) is 0 Å². The number of unbranched alkanes of at least 4 members (excludes halogenated alkanes) is 4. The van der Waals surface area contributed by atoms with Gasteiger partial charge in [0.2, 0.25) is 11.8 Å². The van der Waals surface area contributed by atoms with E-state index in [1.54, 1.807) is 0 Å². The summed E-state index contributed by atoms with van der Waals surface area (Å²) < 4.78 is 2.23. The fourth-order valence-electron chi connectivity index (χ4n) is 2.59. The number of thiophene rings is 2. The summed E-state index contributed by atoms with van der Waals surface area (Å²) in [7, 11) is 0. The van der Waals surface area contributed by atoms with Gasteiger partial charge in [-0.05, 0) is 65.2 Å². The first kappa shape index (κ1) is 26.5. The van der Waals surface area contributed by atoms with Crippen LogP contribution in [0.5, 0.6) is 0 Å². The van der Waals surface area contributed by atoms with Crippen LogP contribution in [0.1, 0.15) is 75.0 Å². The lowest BCUT2D eigenvalue weighted by Gasteiger charge is -1.97. The highest BCUT2D eigenvalue weighted by molar-refractivity contribution is 9.11. The number of carbonyl (C=O) groups is 2. The molecule has 0 aliphatic carbocycles. The van der Waals surface area contributed by atoms with E-state index in [9.17, 15) is 9.59 Å². The number of imide groups is 1. The summed E-state index contributed by atoms with van der Waals surface area (Å²) in [6.45, 7) is 4.48. The first-order valence-corrected chi connectivity index (χ1v) is 13.5. The summed E-state index contributed by atoms with van der Waals surface area (Å²) in [5, 5.41) is 2.15. The lowest BCUT2D eigenvalue weighted by molar-refractivity contribution is -0.131. The average Bonchev–Trinajstić information content (AvgIpc) is 3.44. The Morgan fingerprint density at radius 1 is 0.897 bits per heavy atom. The molecule has 0 unspecified atom stereocenters. The van der Waals surface area contributed by atoms with Crippen molar-refractivity contribution < 1.29 is 9.59 Å². The second-order valence-corrected chi connectivity index (χ2v) is 11.1. The summed E-state index contributed by atoms with van der Waals surface area (Å²) in [4.78, 5) is 23.9. The minimum absolute atomic E-state index is 0.144. The zero-order chi connectivity index (χ0) is 21.5. The van der Waals surface area contributed by atoms with E-state index in [0.29, 0.717) is 12.8 Å². The van der Waals surface area contributed by atoms with Crippen LogP contribution in [0, 0.1) is 0 Å². The number of aryl methyl sites for hydroxylation is 2. The average molecular weight is 565 g/mol. The lowest BCUT2D eigenvalue weighted by Crippen LogP contribution is -2.16. The molecule has 162 valence electrons. The molecule has 2 aromatic rings. The maximum Gasteiger partial charge on any atom is 0.239 e. The Balaban J connectivity index is 0.000000220. The molecule has 0 atom stereocenters. The molecule has 0 N–H and O–H groups in total. The van der Waals surface area contributed by atoms with Gasteiger partial charge < -0.3 is 0 Å². The highest BCUT2D eigenvalue weighted by Gasteiger charge is 2.26. The van der Waals surface area contributed by atoms with Crippen LogP contribution in [0.4, 0.5) is 0 Å². The number of hydrogen-bond donors (Lipinski definition) is 0. The van der Waals surface area contributed by atoms with Crippen LogP contribution in [0.25, 0.3) is 0 Å². The Kier molecular flexibility index (Phi) is 14.8. The number of carbonyl (C=O) groups excluding carboxylic acids is 2. The molecule has 1 saturated heterocycles. The molecule has 0 spiro atoms. The van der Waals surface area contributed by atoms with Crippen molar-refractivity contribution in [3.8, 4) is 0 Å². The largest absolute Gasteiger partial charge is 0.274 e. The van der Waals surface area contributed by atoms with Crippen LogP contribution in [0.15, 0.2) is 33.4 Å². The monoisotopic (exact) mass is 563 g/mol. The zero-order valence-electron chi connectivity index (χ0n) is 17.3. The standard InChI is InChI=1S/C9H13BrS.C9H14S.C4H4BrNO2/c1-2-3-4-5-8-6-7-9(10)11-8;1-2-3-4-6-9-7-5-8-10-9;5-6-3(7)1-2-4(6)8/h6-7H,2-5H2,1H3;5,7-8H,2-4,6H2,1H3;1-2H2. The molecule has 7 heteroatoms. The molecule has 29 heavy (non-hydrogen) atoms. The van der Waals surface area contributed by atoms with Crippen LogP contribution in [-0.4, -0.2) is 15.7 Å². The van der Waals surface area contributed by atoms with E-state index >= 15 is 0 Å². The van der Waals surface area contributed by atoms with Gasteiger partial charge in [0.15, 0.2) is 0 Å². The number of halogens is 2. The molecule has 3 nitrogen and oxygen atoms in total. The summed E-state index contributed by atoms with van der Waals surface area (Å²) in [6, 6.07) is 8.70. The molecule has 2 amide bonds. The summed E-state index contributed by atoms with van der Waals surface area (Å²) in [6.07, 6.45) is 11.3. The quantitative estimate of drug-likeness (QED) is 0.184. The van der Waals surface area contributed by atoms with Crippen molar-refractivity contribution in [1.82, 2.24) is 3.93 Å². The molecular formula is C22H31Br2NO2S2. The number of rotatable bonds is 8. The third-order valence-electron chi connectivity index (χ3n) is 4.25. The topological polar surface area (TPSA) is 37.4 Å². The first-order valence-electron chi connectivity index (χ1n) is 10.3. The Hall–Kier alpha value is -0.500. The van der Waals surface area contributed by atoms with Crippen LogP contribution in [0.3, 0.4) is 0 Å². The van der Waals surface area contributed by atoms with Crippen molar-refractivity contribution in [2.45, 2.75) is 78.1 Å². The smallest absolute Gasteiger partial charge is 0.239 e. The van der Waals surface area contributed by atoms with Gasteiger partial charge in [-0.2, -0.15) is 0 Å². The van der Waals surface area contributed by atoms with Crippen molar-refractivity contribution in [3.05, 3.63) is 43.2 Å². The van der Waals surface area contributed by atoms with Crippen molar-refractivity contribution in [2.75, 3.05) is 0 Å². The Morgan fingerprint density at radius 3 is 1.86 bits per heavy atom. The van der Waals surface area contributed by atoms with Crippen LogP contribution in [0.2, 0.25) is 0 Å². The van der Waals surface area contributed by atoms with Crippen LogP contribution < -0.4 is 0 Å². The minimum atomic E-state index is -0.144. The van der Waals surface area contributed by atoms with E-state index in [0.717, 1.165) is 3.93 Å². The molecule has 1 fully saturated rings. The fraction of sp³-hybridized carbons (Fsp3) is 0.545. The maximum atomic E-state index is 10.4. The third kappa shape index (κ3) is 12.1. The molecule has 2 aromatic heterocycles. The predicted octanol–water partition coefficient (Wildman–Crippen LogP) is 8.17. The summed E-state index contributed by atoms with van der Waals surface area (Å²) in [5.74, 6) is -0.287. The van der Waals surface area contributed by atoms with E-state index < -0.39 is 0 Å². The fourth-order valence-corrected chi connectivity index (χ4v) is 5.22. The van der Waals surface area contributed by atoms with Crippen LogP contribution in [-0.2, 0) is 22.4 Å². The Bertz CT molecular complexity index is 685. The van der Waals surface area contributed by atoms with Gasteiger partial charge in [-0.3, -0.25) is 9.59 Å². The van der Waals surface area contributed by atoms with E-state index in [-0.39, 0.29) is 11.8 Å². The van der Waals surface area contributed by atoms with Crippen molar-refractivity contribution in [1.29, 1.82) is 0 Å². The number of hydrogen-bond acceptors (Lipinski definition) is 4. The maximum absolute atomic E-state index is 10.4. The predicted molar refractivity (Wildman–Crippen MR) is 133 cm³/mol. The van der Waals surface area contributed by atoms with E-state index in [4.69, 9.17) is 0 Å². The van der Waals surface area contributed by atoms with E-state index in [1.807, 2.05) is 22.7 Å². The van der Waals surface area contributed by atoms with E-state index in [1.165, 1.54) is 64.9 Å². The van der Waals surface area contributed by atoms with Gasteiger partial charge in [0.1, 0.15) is 0 Å². The normalized spacial score (nSPS) is 13.0. The van der Waals surface area contributed by atoms with Crippen molar-refractivity contribution in [2.24, 2.45) is 0 Å². The Labute approximate surface area is 200 Å². The van der Waals surface area contributed by atoms with Gasteiger partial charge in [0.05, 0.1) is 19.9 Å². The van der Waals surface area contributed by atoms with Crippen molar-refractivity contribution in [3.63, 3.8) is 0 Å². The summed E-state index contributed by atoms with van der Waals surface area (Å²) in [5.41, 5.74) is 0. The zero-order valence-corrected chi connectivity index (χ0v) is 22.1. The van der Waals surface area contributed by atoms with Gasteiger partial charge in [-0.1, -0.05) is 45.6 Å². The molecule has 0 radical (unpaired) electrons. The van der Waals surface area contributed by atoms with Gasteiger partial charge >= 0.3 is 0 Å². The third-order valence-corrected chi connectivity index (χ3v) is 7.66. The molecule has 1 aliphatic heterocycles. The molecule has 0 bridgehead atoms. The second-order valence-electron chi connectivity index (χ2n) is 6.77. The van der Waals surface area contributed by atoms with Gasteiger partial charge in [0, 0.05) is 22.6 Å². The molecule has 0 aromatic carbocycles. The van der Waals surface area contributed by atoms with Gasteiger partial charge in [-0.15, -0.1) is 22.7 Å². The number of nitrogens with zero attached hydrogens (tertiary/aromatic N) is 1. The Morgan fingerprint density at radius 2 is 1.48 bits per heavy atom. The second kappa shape index (κ2) is 16.2. The van der Waals surface area contributed by atoms with Gasteiger partial charge in [-0.25, -0.2) is 3.93 Å². The van der Waals surface area contributed by atoms with Crippen molar-refractivity contribution >= 4 is 66.6 Å². The SMILES string of the molecule is CCCCCc1ccc(Br)s1.CCCCCc1cccs1.O=C1CCC(=O)N1Br. The molecule has 3 heterocycles. The molecule has 1 aliphatic rings. The minimum Gasteiger partial charge on any atom is -0.274 e. The highest BCUT2D eigenvalue weighted by atomic mass is 79.9. The molecular weight excluding hydrogens is 534 g/mol. The van der Waals surface area contributed by atoms with E-state index in [2.05, 4.69) is 75.6 Å². The number of amides is 2. The first-order chi connectivity index (χ1) is 14.0. The summed E-state index contributed by atoms with van der Waals surface area (Å²) >= 11 is 9.99.